The summed E-state index contributed by atoms with van der Waals surface area (Å²) in [5.74, 6) is -0.192. The Hall–Kier alpha value is -2.90. The van der Waals surface area contributed by atoms with Crippen molar-refractivity contribution in [3.05, 3.63) is 29.8 Å². The first kappa shape index (κ1) is 22.1. The molecule has 0 N–H and O–H groups in total. The number of ether oxygens (including phenoxy) is 1. The van der Waals surface area contributed by atoms with Gasteiger partial charge in [0.15, 0.2) is 0 Å². The fourth-order valence-electron chi connectivity index (χ4n) is 2.30. The van der Waals surface area contributed by atoms with Crippen LogP contribution in [0.3, 0.4) is 0 Å². The normalized spacial score (nSPS) is 10.7. The Morgan fingerprint density at radius 2 is 1.70 bits per heavy atom. The summed E-state index contributed by atoms with van der Waals surface area (Å²) >= 11 is 0. The number of hydrogen-bond acceptors (Lipinski definition) is 6. The van der Waals surface area contributed by atoms with Gasteiger partial charge in [0.2, 0.25) is 0 Å². The molecule has 0 saturated heterocycles. The van der Waals surface area contributed by atoms with Crippen LogP contribution in [0.1, 0.15) is 38.1 Å². The zero-order valence-electron chi connectivity index (χ0n) is 16.8. The third kappa shape index (κ3) is 6.40. The van der Waals surface area contributed by atoms with Crippen molar-refractivity contribution in [2.45, 2.75) is 33.3 Å². The van der Waals surface area contributed by atoms with Crippen molar-refractivity contribution < 1.29 is 14.3 Å². The van der Waals surface area contributed by atoms with Crippen molar-refractivity contribution in [2.75, 3.05) is 31.8 Å². The lowest BCUT2D eigenvalue weighted by atomic mass is 10.1. The molecule has 0 atom stereocenters. The van der Waals surface area contributed by atoms with E-state index in [4.69, 9.17) is 4.74 Å². The minimum absolute atomic E-state index is 0.192. The van der Waals surface area contributed by atoms with Gasteiger partial charge in [0, 0.05) is 40.1 Å². The molecule has 0 unspecified atom stereocenters. The number of nitrogens with zero attached hydrogens (tertiary/aromatic N) is 5. The predicted octanol–water partition coefficient (Wildman–Crippen LogP) is 3.05. The van der Waals surface area contributed by atoms with E-state index in [9.17, 15) is 9.59 Å². The summed E-state index contributed by atoms with van der Waals surface area (Å²) in [4.78, 5) is 28.2. The van der Waals surface area contributed by atoms with Gasteiger partial charge < -0.3 is 14.5 Å². The molecule has 0 aliphatic rings. The minimum atomic E-state index is -0.566. The number of hydrazone groups is 2. The topological polar surface area (TPSA) is 77.8 Å². The van der Waals surface area contributed by atoms with Crippen LogP contribution in [-0.2, 0) is 4.74 Å². The van der Waals surface area contributed by atoms with E-state index >= 15 is 0 Å². The highest BCUT2D eigenvalue weighted by molar-refractivity contribution is 5.99. The molecular weight excluding hydrogens is 346 g/mol. The lowest BCUT2D eigenvalue weighted by molar-refractivity contribution is 0.0279. The Morgan fingerprint density at radius 1 is 1.11 bits per heavy atom. The highest BCUT2D eigenvalue weighted by Crippen LogP contribution is 2.22. The highest BCUT2D eigenvalue weighted by Gasteiger charge is 2.23. The zero-order chi connectivity index (χ0) is 20.6. The summed E-state index contributed by atoms with van der Waals surface area (Å²) in [6.07, 6.45) is -0.427. The Balaban J connectivity index is 2.88. The Morgan fingerprint density at radius 3 is 2.22 bits per heavy atom. The number of para-hydroxylation sites is 1. The number of likely N-dealkylation sites (N-methyl/N-ethyl adjacent to an activating group) is 2. The van der Waals surface area contributed by atoms with Crippen LogP contribution in [0.25, 0.3) is 0 Å². The summed E-state index contributed by atoms with van der Waals surface area (Å²) in [6, 6.07) is 6.96. The first-order valence-electron chi connectivity index (χ1n) is 8.70. The third-order valence-electron chi connectivity index (χ3n) is 3.70. The summed E-state index contributed by atoms with van der Waals surface area (Å²) in [5, 5.41) is 8.70. The van der Waals surface area contributed by atoms with E-state index in [1.54, 1.807) is 36.2 Å². The van der Waals surface area contributed by atoms with Crippen LogP contribution in [0.4, 0.5) is 10.5 Å². The van der Waals surface area contributed by atoms with Crippen molar-refractivity contribution >= 4 is 31.1 Å². The van der Waals surface area contributed by atoms with E-state index < -0.39 is 11.7 Å². The molecular formula is C19H29N5O3. The van der Waals surface area contributed by atoms with Crippen LogP contribution in [0.2, 0.25) is 0 Å². The standard InChI is InChI=1S/C19H29N5O3/c1-8-23(14-13-22(7)18(26)27-19(2,3)4)17(25)15-11-9-10-12-16(15)24(20-5)21-6/h9-12H,5-6,8,13-14H2,1-4,7H3. The SMILES string of the molecule is C=NN(N=C)c1ccccc1C(=O)N(CC)CCN(C)C(=O)OC(C)(C)C. The molecule has 0 aliphatic carbocycles. The largest absolute Gasteiger partial charge is 0.444 e. The van der Waals surface area contributed by atoms with E-state index in [-0.39, 0.29) is 5.91 Å². The molecule has 27 heavy (non-hydrogen) atoms. The Labute approximate surface area is 161 Å². The molecule has 148 valence electrons. The van der Waals surface area contributed by atoms with Crippen molar-refractivity contribution in [1.82, 2.24) is 9.80 Å². The van der Waals surface area contributed by atoms with Gasteiger partial charge in [-0.3, -0.25) is 4.79 Å². The van der Waals surface area contributed by atoms with Gasteiger partial charge in [0.05, 0.1) is 11.3 Å². The van der Waals surface area contributed by atoms with Gasteiger partial charge >= 0.3 is 6.09 Å². The summed E-state index contributed by atoms with van der Waals surface area (Å²) in [5.41, 5.74) is 0.356. The second-order valence-electron chi connectivity index (χ2n) is 6.88. The number of benzene rings is 1. The van der Waals surface area contributed by atoms with Crippen LogP contribution in [0.5, 0.6) is 0 Å². The molecule has 1 aromatic carbocycles. The summed E-state index contributed by atoms with van der Waals surface area (Å²) in [7, 11) is 1.64. The van der Waals surface area contributed by atoms with E-state index in [1.807, 2.05) is 27.7 Å². The molecule has 0 saturated carbocycles. The fraction of sp³-hybridized carbons (Fsp3) is 0.474. The number of rotatable bonds is 8. The average molecular weight is 375 g/mol. The Kier molecular flexibility index (Phi) is 7.96. The molecule has 1 aromatic rings. The number of carbonyl (C=O) groups excluding carboxylic acids is 2. The van der Waals surface area contributed by atoms with Gasteiger partial charge in [-0.15, -0.1) is 0 Å². The fourth-order valence-corrected chi connectivity index (χ4v) is 2.30. The van der Waals surface area contributed by atoms with Gasteiger partial charge in [-0.1, -0.05) is 12.1 Å². The van der Waals surface area contributed by atoms with Gasteiger partial charge in [-0.05, 0) is 39.8 Å². The maximum absolute atomic E-state index is 13.0. The molecule has 0 radical (unpaired) electrons. The van der Waals surface area contributed by atoms with Gasteiger partial charge in [0.25, 0.3) is 5.91 Å². The second-order valence-corrected chi connectivity index (χ2v) is 6.88. The molecule has 0 fully saturated rings. The van der Waals surface area contributed by atoms with Crippen LogP contribution in [0.15, 0.2) is 34.5 Å². The minimum Gasteiger partial charge on any atom is -0.444 e. The highest BCUT2D eigenvalue weighted by atomic mass is 16.6. The maximum Gasteiger partial charge on any atom is 0.410 e. The maximum atomic E-state index is 13.0. The lowest BCUT2D eigenvalue weighted by Crippen LogP contribution is -2.41. The monoisotopic (exact) mass is 375 g/mol. The predicted molar refractivity (Wildman–Crippen MR) is 108 cm³/mol. The van der Waals surface area contributed by atoms with Crippen molar-refractivity contribution in [2.24, 2.45) is 10.2 Å². The summed E-state index contributed by atoms with van der Waals surface area (Å²) < 4.78 is 5.33. The average Bonchev–Trinajstić information content (AvgIpc) is 2.61. The van der Waals surface area contributed by atoms with E-state index in [1.165, 1.54) is 10.0 Å². The van der Waals surface area contributed by atoms with Crippen molar-refractivity contribution in [3.8, 4) is 0 Å². The Bertz CT molecular complexity index is 676. The molecule has 0 heterocycles. The molecule has 0 spiro atoms. The van der Waals surface area contributed by atoms with E-state index in [2.05, 4.69) is 23.6 Å². The quantitative estimate of drug-likeness (QED) is 0.517. The molecule has 2 amide bonds. The zero-order valence-corrected chi connectivity index (χ0v) is 16.8. The molecule has 8 nitrogen and oxygen atoms in total. The first-order chi connectivity index (χ1) is 12.6. The number of anilines is 1. The van der Waals surface area contributed by atoms with Gasteiger partial charge in [-0.25, -0.2) is 4.79 Å². The smallest absolute Gasteiger partial charge is 0.410 e. The van der Waals surface area contributed by atoms with Crippen LogP contribution in [-0.4, -0.2) is 67.5 Å². The van der Waals surface area contributed by atoms with Crippen LogP contribution >= 0.6 is 0 Å². The van der Waals surface area contributed by atoms with Gasteiger partial charge in [-0.2, -0.15) is 15.3 Å². The lowest BCUT2D eigenvalue weighted by Gasteiger charge is -2.28. The number of amides is 2. The molecule has 0 bridgehead atoms. The van der Waals surface area contributed by atoms with Crippen LogP contribution in [0, 0.1) is 0 Å². The van der Waals surface area contributed by atoms with E-state index in [0.29, 0.717) is 30.9 Å². The molecule has 0 aliphatic heterocycles. The second kappa shape index (κ2) is 9.70. The van der Waals surface area contributed by atoms with Crippen molar-refractivity contribution in [3.63, 3.8) is 0 Å². The molecule has 0 aromatic heterocycles. The van der Waals surface area contributed by atoms with Gasteiger partial charge in [0.1, 0.15) is 5.60 Å². The summed E-state index contributed by atoms with van der Waals surface area (Å²) in [6.45, 7) is 15.4. The van der Waals surface area contributed by atoms with Crippen LogP contribution < -0.4 is 5.12 Å². The number of carbonyl (C=O) groups is 2. The first-order valence-corrected chi connectivity index (χ1v) is 8.70. The number of hydrogen-bond donors (Lipinski definition) is 0. The van der Waals surface area contributed by atoms with E-state index in [0.717, 1.165) is 0 Å². The third-order valence-corrected chi connectivity index (χ3v) is 3.70. The molecule has 8 heteroatoms. The van der Waals surface area contributed by atoms with Crippen molar-refractivity contribution in [1.29, 1.82) is 0 Å². The molecule has 1 rings (SSSR count).